The Balaban J connectivity index is 1.24. The zero-order valence-electron chi connectivity index (χ0n) is 18.7. The summed E-state index contributed by atoms with van der Waals surface area (Å²) in [7, 11) is 1.59. The summed E-state index contributed by atoms with van der Waals surface area (Å²) >= 11 is 0. The number of anilines is 1. The Hall–Kier alpha value is -3.46. The summed E-state index contributed by atoms with van der Waals surface area (Å²) < 4.78 is 1.34. The SMILES string of the molecule is CNC(=O)c1ccc(N2CCN(Cc3ccc4c(=O)n(CC5CC5)c(=O)[nH]c4c3)CC2)cn1. The molecule has 0 unspecified atom stereocenters. The second kappa shape index (κ2) is 8.82. The summed E-state index contributed by atoms with van der Waals surface area (Å²) in [5.41, 5.74) is 2.58. The van der Waals surface area contributed by atoms with Crippen molar-refractivity contribution in [1.29, 1.82) is 0 Å². The molecule has 0 bridgehead atoms. The molecule has 172 valence electrons. The summed E-state index contributed by atoms with van der Waals surface area (Å²) in [4.78, 5) is 48.6. The fourth-order valence-corrected chi connectivity index (χ4v) is 4.38. The number of nitrogens with zero attached hydrogens (tertiary/aromatic N) is 4. The normalized spacial score (nSPS) is 16.8. The predicted octanol–water partition coefficient (Wildman–Crippen LogP) is 1.18. The van der Waals surface area contributed by atoms with Crippen molar-refractivity contribution in [1.82, 2.24) is 24.8 Å². The average Bonchev–Trinajstić information content (AvgIpc) is 3.66. The third-order valence-corrected chi connectivity index (χ3v) is 6.54. The predicted molar refractivity (Wildman–Crippen MR) is 127 cm³/mol. The molecule has 33 heavy (non-hydrogen) atoms. The highest BCUT2D eigenvalue weighted by atomic mass is 16.2. The molecule has 2 fully saturated rings. The quantitative estimate of drug-likeness (QED) is 0.587. The zero-order valence-corrected chi connectivity index (χ0v) is 18.7. The van der Waals surface area contributed by atoms with E-state index in [1.807, 2.05) is 24.3 Å². The van der Waals surface area contributed by atoms with Gasteiger partial charge in [0.25, 0.3) is 11.5 Å². The molecule has 9 nitrogen and oxygen atoms in total. The van der Waals surface area contributed by atoms with E-state index in [9.17, 15) is 14.4 Å². The molecule has 1 saturated heterocycles. The first kappa shape index (κ1) is 21.4. The van der Waals surface area contributed by atoms with Gasteiger partial charge in [0.15, 0.2) is 0 Å². The number of H-pyrrole nitrogens is 1. The summed E-state index contributed by atoms with van der Waals surface area (Å²) in [6, 6.07) is 9.42. The Bertz CT molecular complexity index is 1280. The van der Waals surface area contributed by atoms with Crippen molar-refractivity contribution < 1.29 is 4.79 Å². The van der Waals surface area contributed by atoms with Crippen LogP contribution in [0.4, 0.5) is 5.69 Å². The smallest absolute Gasteiger partial charge is 0.328 e. The lowest BCUT2D eigenvalue weighted by atomic mass is 10.1. The minimum Gasteiger partial charge on any atom is -0.368 e. The Morgan fingerprint density at radius 1 is 1.12 bits per heavy atom. The molecular weight excluding hydrogens is 420 g/mol. The molecule has 0 spiro atoms. The van der Waals surface area contributed by atoms with Gasteiger partial charge in [0.1, 0.15) is 5.69 Å². The minimum atomic E-state index is -0.318. The molecule has 0 radical (unpaired) electrons. The Morgan fingerprint density at radius 2 is 1.91 bits per heavy atom. The van der Waals surface area contributed by atoms with Crippen LogP contribution in [0.15, 0.2) is 46.1 Å². The molecule has 1 aromatic carbocycles. The van der Waals surface area contributed by atoms with Crippen LogP contribution in [0.5, 0.6) is 0 Å². The van der Waals surface area contributed by atoms with Gasteiger partial charge in [-0.3, -0.25) is 19.1 Å². The fraction of sp³-hybridized carbons (Fsp3) is 0.417. The van der Waals surface area contributed by atoms with Gasteiger partial charge in [-0.2, -0.15) is 0 Å². The van der Waals surface area contributed by atoms with E-state index in [2.05, 4.69) is 25.1 Å². The Labute approximate surface area is 191 Å². The highest BCUT2D eigenvalue weighted by molar-refractivity contribution is 5.92. The summed E-state index contributed by atoms with van der Waals surface area (Å²) in [5.74, 6) is 0.272. The molecule has 1 amide bonds. The van der Waals surface area contributed by atoms with E-state index in [1.54, 1.807) is 19.3 Å². The van der Waals surface area contributed by atoms with Crippen molar-refractivity contribution in [3.05, 3.63) is 68.6 Å². The van der Waals surface area contributed by atoms with E-state index in [0.717, 1.165) is 56.8 Å². The van der Waals surface area contributed by atoms with Crippen molar-refractivity contribution >= 4 is 22.5 Å². The van der Waals surface area contributed by atoms with Gasteiger partial charge in [0.2, 0.25) is 0 Å². The van der Waals surface area contributed by atoms with Crippen LogP contribution < -0.4 is 21.5 Å². The second-order valence-electron chi connectivity index (χ2n) is 8.91. The summed E-state index contributed by atoms with van der Waals surface area (Å²) in [6.45, 7) is 4.75. The van der Waals surface area contributed by atoms with Gasteiger partial charge >= 0.3 is 5.69 Å². The molecule has 1 saturated carbocycles. The lowest BCUT2D eigenvalue weighted by molar-refractivity contribution is 0.0958. The number of nitrogens with one attached hydrogen (secondary N) is 2. The number of rotatable bonds is 6. The second-order valence-corrected chi connectivity index (χ2v) is 8.91. The maximum absolute atomic E-state index is 12.8. The van der Waals surface area contributed by atoms with Gasteiger partial charge in [0, 0.05) is 46.3 Å². The molecule has 3 aromatic rings. The van der Waals surface area contributed by atoms with Crippen LogP contribution in [-0.2, 0) is 13.1 Å². The van der Waals surface area contributed by atoms with Crippen LogP contribution in [0.3, 0.4) is 0 Å². The zero-order chi connectivity index (χ0) is 22.9. The lowest BCUT2D eigenvalue weighted by Gasteiger charge is -2.36. The topological polar surface area (TPSA) is 103 Å². The van der Waals surface area contributed by atoms with Crippen LogP contribution >= 0.6 is 0 Å². The van der Waals surface area contributed by atoms with Gasteiger partial charge < -0.3 is 15.2 Å². The number of piperazine rings is 1. The number of carbonyl (C=O) groups excluding carboxylic acids is 1. The van der Waals surface area contributed by atoms with E-state index < -0.39 is 0 Å². The van der Waals surface area contributed by atoms with Crippen LogP contribution in [0.25, 0.3) is 10.9 Å². The minimum absolute atomic E-state index is 0.190. The Kier molecular flexibility index (Phi) is 5.72. The first-order valence-corrected chi connectivity index (χ1v) is 11.4. The van der Waals surface area contributed by atoms with Crippen LogP contribution in [-0.4, -0.2) is 58.6 Å². The molecular formula is C24H28N6O3. The van der Waals surface area contributed by atoms with Crippen molar-refractivity contribution in [2.75, 3.05) is 38.1 Å². The van der Waals surface area contributed by atoms with Crippen LogP contribution in [0.1, 0.15) is 28.9 Å². The van der Waals surface area contributed by atoms with Gasteiger partial charge in [-0.25, -0.2) is 9.78 Å². The number of aromatic amines is 1. The molecule has 0 atom stereocenters. The number of benzene rings is 1. The van der Waals surface area contributed by atoms with Crippen molar-refractivity contribution in [2.45, 2.75) is 25.9 Å². The third-order valence-electron chi connectivity index (χ3n) is 6.54. The van der Waals surface area contributed by atoms with Crippen LogP contribution in [0, 0.1) is 5.92 Å². The van der Waals surface area contributed by atoms with Gasteiger partial charge in [-0.05, 0) is 48.6 Å². The highest BCUT2D eigenvalue weighted by Gasteiger charge is 2.24. The molecule has 5 rings (SSSR count). The standard InChI is InChI=1S/C24H28N6O3/c1-25-22(31)20-7-5-18(13-26-20)29-10-8-28(9-11-29)14-17-4-6-19-21(12-17)27-24(33)30(23(19)32)15-16-2-3-16/h4-7,12-13,16H,2-3,8-11,14-15H2,1H3,(H,25,31)(H,27,33). The van der Waals surface area contributed by atoms with Gasteiger partial charge in [-0.1, -0.05) is 6.07 Å². The maximum Gasteiger partial charge on any atom is 0.328 e. The molecule has 1 aliphatic heterocycles. The summed E-state index contributed by atoms with van der Waals surface area (Å²) in [6.07, 6.45) is 3.93. The number of hydrogen-bond donors (Lipinski definition) is 2. The van der Waals surface area contributed by atoms with E-state index in [-0.39, 0.29) is 17.2 Å². The maximum atomic E-state index is 12.8. The summed E-state index contributed by atoms with van der Waals surface area (Å²) in [5, 5.41) is 3.15. The highest BCUT2D eigenvalue weighted by Crippen LogP contribution is 2.29. The number of hydrogen-bond acceptors (Lipinski definition) is 6. The first-order valence-electron chi connectivity index (χ1n) is 11.4. The number of aromatic nitrogens is 3. The third kappa shape index (κ3) is 4.54. The van der Waals surface area contributed by atoms with E-state index >= 15 is 0 Å². The number of fused-ring (bicyclic) bond motifs is 1. The first-order chi connectivity index (χ1) is 16.0. The molecule has 2 N–H and O–H groups in total. The van der Waals surface area contributed by atoms with E-state index in [0.29, 0.717) is 29.1 Å². The lowest BCUT2D eigenvalue weighted by Crippen LogP contribution is -2.46. The molecule has 2 aliphatic rings. The number of pyridine rings is 1. The Morgan fingerprint density at radius 3 is 2.58 bits per heavy atom. The monoisotopic (exact) mass is 448 g/mol. The fourth-order valence-electron chi connectivity index (χ4n) is 4.38. The largest absolute Gasteiger partial charge is 0.368 e. The van der Waals surface area contributed by atoms with Gasteiger partial charge in [0.05, 0.1) is 22.8 Å². The van der Waals surface area contributed by atoms with Gasteiger partial charge in [-0.15, -0.1) is 0 Å². The number of amides is 1. The molecule has 9 heteroatoms. The van der Waals surface area contributed by atoms with Crippen LogP contribution in [0.2, 0.25) is 0 Å². The van der Waals surface area contributed by atoms with Crippen molar-refractivity contribution in [3.63, 3.8) is 0 Å². The van der Waals surface area contributed by atoms with Crippen molar-refractivity contribution in [2.24, 2.45) is 5.92 Å². The van der Waals surface area contributed by atoms with Crippen molar-refractivity contribution in [3.8, 4) is 0 Å². The number of carbonyl (C=O) groups is 1. The molecule has 1 aliphatic carbocycles. The molecule has 3 heterocycles. The molecule has 2 aromatic heterocycles. The van der Waals surface area contributed by atoms with E-state index in [1.165, 1.54) is 4.57 Å². The average molecular weight is 449 g/mol. The van der Waals surface area contributed by atoms with E-state index in [4.69, 9.17) is 0 Å².